The van der Waals surface area contributed by atoms with Crippen LogP contribution in [0, 0.1) is 0 Å². The standard InChI is InChI=1S/C16H25NO2/c1-16(2,18)12-17-11-13-7-3-6-10-15(13)19-14-8-4-5-9-14/h3,6-7,10,14,17-18H,4-5,8-9,11-12H2,1-2H3. The molecule has 0 amide bonds. The second-order valence-electron chi connectivity index (χ2n) is 6.05. The molecule has 0 aliphatic heterocycles. The minimum absolute atomic E-state index is 0.385. The minimum Gasteiger partial charge on any atom is -0.490 e. The van der Waals surface area contributed by atoms with Gasteiger partial charge in [-0.2, -0.15) is 0 Å². The first kappa shape index (κ1) is 14.4. The number of para-hydroxylation sites is 1. The van der Waals surface area contributed by atoms with Gasteiger partial charge in [-0.3, -0.25) is 0 Å². The zero-order valence-electron chi connectivity index (χ0n) is 12.0. The smallest absolute Gasteiger partial charge is 0.124 e. The first-order valence-electron chi connectivity index (χ1n) is 7.22. The molecule has 2 rings (SSSR count). The van der Waals surface area contributed by atoms with Crippen molar-refractivity contribution in [2.24, 2.45) is 0 Å². The second kappa shape index (κ2) is 6.40. The van der Waals surface area contributed by atoms with Crippen molar-refractivity contribution < 1.29 is 9.84 Å². The third kappa shape index (κ3) is 4.84. The maximum atomic E-state index is 9.70. The van der Waals surface area contributed by atoms with Crippen LogP contribution >= 0.6 is 0 Å². The molecular weight excluding hydrogens is 238 g/mol. The number of ether oxygens (including phenoxy) is 1. The Labute approximate surface area is 116 Å². The van der Waals surface area contributed by atoms with E-state index in [-0.39, 0.29) is 0 Å². The topological polar surface area (TPSA) is 41.5 Å². The van der Waals surface area contributed by atoms with Crippen LogP contribution in [0.15, 0.2) is 24.3 Å². The Morgan fingerprint density at radius 2 is 1.95 bits per heavy atom. The average molecular weight is 263 g/mol. The first-order valence-corrected chi connectivity index (χ1v) is 7.22. The molecule has 1 aromatic rings. The van der Waals surface area contributed by atoms with Crippen molar-refractivity contribution in [2.45, 2.75) is 57.8 Å². The molecule has 19 heavy (non-hydrogen) atoms. The van der Waals surface area contributed by atoms with E-state index in [1.165, 1.54) is 31.2 Å². The summed E-state index contributed by atoms with van der Waals surface area (Å²) in [5, 5.41) is 13.0. The molecule has 1 aliphatic carbocycles. The fourth-order valence-corrected chi connectivity index (χ4v) is 2.45. The fourth-order valence-electron chi connectivity index (χ4n) is 2.45. The number of aliphatic hydroxyl groups is 1. The molecule has 1 aromatic carbocycles. The van der Waals surface area contributed by atoms with Gasteiger partial charge in [-0.15, -0.1) is 0 Å². The van der Waals surface area contributed by atoms with Crippen molar-refractivity contribution in [1.29, 1.82) is 0 Å². The van der Waals surface area contributed by atoms with Crippen molar-refractivity contribution in [2.75, 3.05) is 6.54 Å². The van der Waals surface area contributed by atoms with E-state index in [1.54, 1.807) is 13.8 Å². The van der Waals surface area contributed by atoms with Gasteiger partial charge in [0.1, 0.15) is 5.75 Å². The largest absolute Gasteiger partial charge is 0.490 e. The number of hydrogen-bond acceptors (Lipinski definition) is 3. The van der Waals surface area contributed by atoms with Gasteiger partial charge in [0.15, 0.2) is 0 Å². The summed E-state index contributed by atoms with van der Waals surface area (Å²) < 4.78 is 6.09. The summed E-state index contributed by atoms with van der Waals surface area (Å²) in [6, 6.07) is 8.17. The summed E-state index contributed by atoms with van der Waals surface area (Å²) in [7, 11) is 0. The highest BCUT2D eigenvalue weighted by Crippen LogP contribution is 2.26. The van der Waals surface area contributed by atoms with Crippen molar-refractivity contribution >= 4 is 0 Å². The lowest BCUT2D eigenvalue weighted by Gasteiger charge is -2.20. The Morgan fingerprint density at radius 3 is 2.63 bits per heavy atom. The van der Waals surface area contributed by atoms with E-state index >= 15 is 0 Å². The van der Waals surface area contributed by atoms with Gasteiger partial charge < -0.3 is 15.2 Å². The maximum absolute atomic E-state index is 9.70. The fraction of sp³-hybridized carbons (Fsp3) is 0.625. The molecule has 1 fully saturated rings. The summed E-state index contributed by atoms with van der Waals surface area (Å²) in [6.07, 6.45) is 5.29. The molecule has 0 heterocycles. The predicted molar refractivity (Wildman–Crippen MR) is 77.3 cm³/mol. The van der Waals surface area contributed by atoms with Crippen LogP contribution in [0.5, 0.6) is 5.75 Å². The Morgan fingerprint density at radius 1 is 1.26 bits per heavy atom. The van der Waals surface area contributed by atoms with Crippen molar-refractivity contribution in [3.63, 3.8) is 0 Å². The normalized spacial score (nSPS) is 16.8. The van der Waals surface area contributed by atoms with Gasteiger partial charge >= 0.3 is 0 Å². The van der Waals surface area contributed by atoms with E-state index in [0.29, 0.717) is 12.6 Å². The van der Waals surface area contributed by atoms with E-state index in [0.717, 1.165) is 12.3 Å². The molecule has 0 saturated heterocycles. The van der Waals surface area contributed by atoms with Crippen molar-refractivity contribution in [1.82, 2.24) is 5.32 Å². The molecule has 3 nitrogen and oxygen atoms in total. The molecule has 0 aromatic heterocycles. The van der Waals surface area contributed by atoms with E-state index in [9.17, 15) is 5.11 Å². The highest BCUT2D eigenvalue weighted by Gasteiger charge is 2.18. The quantitative estimate of drug-likeness (QED) is 0.829. The Bertz CT molecular complexity index is 392. The predicted octanol–water partition coefficient (Wildman–Crippen LogP) is 2.87. The summed E-state index contributed by atoms with van der Waals surface area (Å²) in [4.78, 5) is 0. The third-order valence-corrected chi connectivity index (χ3v) is 3.44. The molecule has 1 aliphatic rings. The van der Waals surface area contributed by atoms with Crippen LogP contribution in [0.25, 0.3) is 0 Å². The molecule has 2 N–H and O–H groups in total. The van der Waals surface area contributed by atoms with Gasteiger partial charge in [-0.1, -0.05) is 18.2 Å². The molecule has 1 saturated carbocycles. The zero-order valence-corrected chi connectivity index (χ0v) is 12.0. The monoisotopic (exact) mass is 263 g/mol. The van der Waals surface area contributed by atoms with Crippen LogP contribution in [0.1, 0.15) is 45.1 Å². The zero-order chi connectivity index (χ0) is 13.7. The van der Waals surface area contributed by atoms with Gasteiger partial charge in [0.25, 0.3) is 0 Å². The summed E-state index contributed by atoms with van der Waals surface area (Å²) in [5.41, 5.74) is 0.486. The van der Waals surface area contributed by atoms with Gasteiger partial charge in [-0.25, -0.2) is 0 Å². The number of hydrogen-bond donors (Lipinski definition) is 2. The molecule has 3 heteroatoms. The highest BCUT2D eigenvalue weighted by atomic mass is 16.5. The van der Waals surface area contributed by atoms with Crippen LogP contribution in [-0.2, 0) is 6.54 Å². The first-order chi connectivity index (χ1) is 9.04. The van der Waals surface area contributed by atoms with Crippen LogP contribution in [-0.4, -0.2) is 23.4 Å². The number of nitrogens with one attached hydrogen (secondary N) is 1. The Hall–Kier alpha value is -1.06. The third-order valence-electron chi connectivity index (χ3n) is 3.44. The Balaban J connectivity index is 1.91. The molecule has 0 radical (unpaired) electrons. The van der Waals surface area contributed by atoms with Crippen LogP contribution in [0.2, 0.25) is 0 Å². The lowest BCUT2D eigenvalue weighted by Crippen LogP contribution is -2.34. The average Bonchev–Trinajstić information content (AvgIpc) is 2.82. The molecule has 106 valence electrons. The summed E-state index contributed by atoms with van der Waals surface area (Å²) in [5.74, 6) is 0.984. The molecular formula is C16H25NO2. The van der Waals surface area contributed by atoms with E-state index in [2.05, 4.69) is 11.4 Å². The SMILES string of the molecule is CC(C)(O)CNCc1ccccc1OC1CCCC1. The Kier molecular flexibility index (Phi) is 4.83. The van der Waals surface area contributed by atoms with Crippen molar-refractivity contribution in [3.05, 3.63) is 29.8 Å². The van der Waals surface area contributed by atoms with Crippen LogP contribution < -0.4 is 10.1 Å². The van der Waals surface area contributed by atoms with E-state index in [4.69, 9.17) is 4.74 Å². The van der Waals surface area contributed by atoms with Crippen LogP contribution in [0.3, 0.4) is 0 Å². The van der Waals surface area contributed by atoms with Gasteiger partial charge in [-0.05, 0) is 45.6 Å². The molecule has 0 unspecified atom stereocenters. The van der Waals surface area contributed by atoms with E-state index < -0.39 is 5.60 Å². The summed E-state index contributed by atoms with van der Waals surface area (Å²) >= 11 is 0. The lowest BCUT2D eigenvalue weighted by atomic mass is 10.1. The minimum atomic E-state index is -0.679. The molecule has 0 spiro atoms. The van der Waals surface area contributed by atoms with Gasteiger partial charge in [0.05, 0.1) is 11.7 Å². The molecule has 0 atom stereocenters. The maximum Gasteiger partial charge on any atom is 0.124 e. The molecule has 0 bridgehead atoms. The summed E-state index contributed by atoms with van der Waals surface area (Å²) in [6.45, 7) is 4.92. The van der Waals surface area contributed by atoms with Gasteiger partial charge in [0.2, 0.25) is 0 Å². The van der Waals surface area contributed by atoms with Crippen LogP contribution in [0.4, 0.5) is 0 Å². The highest BCUT2D eigenvalue weighted by molar-refractivity contribution is 5.33. The number of benzene rings is 1. The van der Waals surface area contributed by atoms with Crippen molar-refractivity contribution in [3.8, 4) is 5.75 Å². The lowest BCUT2D eigenvalue weighted by molar-refractivity contribution is 0.0793. The van der Waals surface area contributed by atoms with Gasteiger partial charge in [0, 0.05) is 18.7 Å². The number of rotatable bonds is 6. The second-order valence-corrected chi connectivity index (χ2v) is 6.05. The van der Waals surface area contributed by atoms with E-state index in [1.807, 2.05) is 18.2 Å².